The Balaban J connectivity index is 2.01. The van der Waals surface area contributed by atoms with Gasteiger partial charge in [-0.25, -0.2) is 4.79 Å². The van der Waals surface area contributed by atoms with Crippen LogP contribution in [0.5, 0.6) is 0 Å². The van der Waals surface area contributed by atoms with Crippen LogP contribution in [0, 0.1) is 0 Å². The van der Waals surface area contributed by atoms with E-state index in [1.807, 2.05) is 25.1 Å². The van der Waals surface area contributed by atoms with Crippen molar-refractivity contribution in [2.45, 2.75) is 19.9 Å². The average Bonchev–Trinajstić information content (AvgIpc) is 2.96. The zero-order valence-electron chi connectivity index (χ0n) is 12.4. The van der Waals surface area contributed by atoms with E-state index in [4.69, 9.17) is 17.0 Å². The molecule has 0 unspecified atom stereocenters. The zero-order chi connectivity index (χ0) is 15.9. The number of aryl methyl sites for hydroxylation is 1. The molecule has 0 aliphatic rings. The maximum Gasteiger partial charge on any atom is 0.340 e. The Morgan fingerprint density at radius 3 is 2.77 bits per heavy atom. The number of anilines is 1. The fourth-order valence-corrected chi connectivity index (χ4v) is 3.03. The summed E-state index contributed by atoms with van der Waals surface area (Å²) >= 11 is 6.78. The predicted molar refractivity (Wildman–Crippen MR) is 92.3 cm³/mol. The summed E-state index contributed by atoms with van der Waals surface area (Å²) in [7, 11) is 1.37. The summed E-state index contributed by atoms with van der Waals surface area (Å²) in [5.74, 6) is -0.365. The summed E-state index contributed by atoms with van der Waals surface area (Å²) in [6.07, 6.45) is 4.32. The number of rotatable bonds is 5. The highest BCUT2D eigenvalue weighted by atomic mass is 32.1. The molecule has 0 amide bonds. The van der Waals surface area contributed by atoms with Crippen LogP contribution in [0.25, 0.3) is 0 Å². The van der Waals surface area contributed by atoms with Gasteiger partial charge in [0.05, 0.1) is 12.7 Å². The Kier molecular flexibility index (Phi) is 5.85. The summed E-state index contributed by atoms with van der Waals surface area (Å²) in [6.45, 7) is 2.63. The molecular formula is C15H17N3O2S2. The average molecular weight is 335 g/mol. The highest BCUT2D eigenvalue weighted by molar-refractivity contribution is 7.80. The normalized spacial score (nSPS) is 10.1. The first-order chi connectivity index (χ1) is 10.6. The van der Waals surface area contributed by atoms with Gasteiger partial charge in [0.2, 0.25) is 0 Å². The maximum atomic E-state index is 11.8. The topological polar surface area (TPSA) is 63.2 Å². The predicted octanol–water partition coefficient (Wildman–Crippen LogP) is 2.98. The van der Waals surface area contributed by atoms with Gasteiger partial charge < -0.3 is 15.4 Å². The SMILES string of the molecule is CCc1cc(C(=O)OC)c(NC(=S)NCc2ccncc2)s1. The largest absolute Gasteiger partial charge is 0.465 e. The third-order valence-electron chi connectivity index (χ3n) is 2.97. The molecule has 0 spiro atoms. The molecule has 0 aromatic carbocycles. The van der Waals surface area contributed by atoms with Gasteiger partial charge in [-0.05, 0) is 42.4 Å². The fraction of sp³-hybridized carbons (Fsp3) is 0.267. The number of nitrogens with zero attached hydrogens (tertiary/aromatic N) is 1. The lowest BCUT2D eigenvalue weighted by Crippen LogP contribution is -2.28. The Morgan fingerprint density at radius 2 is 2.14 bits per heavy atom. The summed E-state index contributed by atoms with van der Waals surface area (Å²) in [5, 5.41) is 7.35. The van der Waals surface area contributed by atoms with E-state index in [0.29, 0.717) is 22.2 Å². The van der Waals surface area contributed by atoms with E-state index in [1.54, 1.807) is 12.4 Å². The Bertz CT molecular complexity index is 656. The van der Waals surface area contributed by atoms with Crippen molar-refractivity contribution in [3.05, 3.63) is 46.6 Å². The first-order valence-electron chi connectivity index (χ1n) is 6.78. The number of thiocarbonyl (C=S) groups is 1. The van der Waals surface area contributed by atoms with Gasteiger partial charge in [0.15, 0.2) is 5.11 Å². The minimum atomic E-state index is -0.365. The van der Waals surface area contributed by atoms with Gasteiger partial charge in [0.25, 0.3) is 0 Å². The molecule has 22 heavy (non-hydrogen) atoms. The highest BCUT2D eigenvalue weighted by Crippen LogP contribution is 2.29. The number of hydrogen-bond acceptors (Lipinski definition) is 5. The molecule has 0 aliphatic heterocycles. The van der Waals surface area contributed by atoms with E-state index in [0.717, 1.165) is 16.9 Å². The molecule has 7 heteroatoms. The molecule has 0 fully saturated rings. The molecule has 0 aliphatic carbocycles. The molecular weight excluding hydrogens is 318 g/mol. The number of pyridine rings is 1. The molecule has 2 N–H and O–H groups in total. The molecule has 0 radical (unpaired) electrons. The number of ether oxygens (including phenoxy) is 1. The molecule has 2 heterocycles. The van der Waals surface area contributed by atoms with Crippen molar-refractivity contribution in [1.82, 2.24) is 10.3 Å². The molecule has 2 aromatic heterocycles. The van der Waals surface area contributed by atoms with Crippen LogP contribution in [0.15, 0.2) is 30.6 Å². The van der Waals surface area contributed by atoms with Crippen LogP contribution in [-0.4, -0.2) is 23.2 Å². The number of hydrogen-bond donors (Lipinski definition) is 2. The molecule has 0 saturated heterocycles. The zero-order valence-corrected chi connectivity index (χ0v) is 14.0. The van der Waals surface area contributed by atoms with Crippen molar-refractivity contribution in [2.24, 2.45) is 0 Å². The van der Waals surface area contributed by atoms with Gasteiger partial charge in [-0.2, -0.15) is 0 Å². The molecule has 116 valence electrons. The minimum absolute atomic E-state index is 0.365. The standard InChI is InChI=1S/C15H17N3O2S2/c1-3-11-8-12(14(19)20-2)13(22-11)18-15(21)17-9-10-4-6-16-7-5-10/h4-8H,3,9H2,1-2H3,(H2,17,18,21). The van der Waals surface area contributed by atoms with Crippen LogP contribution < -0.4 is 10.6 Å². The number of esters is 1. The molecule has 0 bridgehead atoms. The van der Waals surface area contributed by atoms with Gasteiger partial charge in [-0.15, -0.1) is 11.3 Å². The Labute approximate surface area is 138 Å². The molecule has 2 rings (SSSR count). The molecule has 5 nitrogen and oxygen atoms in total. The lowest BCUT2D eigenvalue weighted by atomic mass is 10.2. The van der Waals surface area contributed by atoms with E-state index in [-0.39, 0.29) is 5.97 Å². The highest BCUT2D eigenvalue weighted by Gasteiger charge is 2.16. The number of aromatic nitrogens is 1. The van der Waals surface area contributed by atoms with Gasteiger partial charge in [0.1, 0.15) is 5.00 Å². The second-order valence-corrected chi connectivity index (χ2v) is 6.01. The van der Waals surface area contributed by atoms with E-state index < -0.39 is 0 Å². The van der Waals surface area contributed by atoms with Gasteiger partial charge in [0, 0.05) is 23.8 Å². The number of carbonyl (C=O) groups is 1. The molecule has 2 aromatic rings. The van der Waals surface area contributed by atoms with Crippen LogP contribution in [0.3, 0.4) is 0 Å². The van der Waals surface area contributed by atoms with Crippen molar-refractivity contribution in [3.63, 3.8) is 0 Å². The van der Waals surface area contributed by atoms with E-state index >= 15 is 0 Å². The van der Waals surface area contributed by atoms with Crippen molar-refractivity contribution in [2.75, 3.05) is 12.4 Å². The lowest BCUT2D eigenvalue weighted by molar-refractivity contribution is 0.0602. The second-order valence-electron chi connectivity index (χ2n) is 4.46. The summed E-state index contributed by atoms with van der Waals surface area (Å²) in [5.41, 5.74) is 1.59. The smallest absolute Gasteiger partial charge is 0.340 e. The Hall–Kier alpha value is -1.99. The van der Waals surface area contributed by atoms with E-state index in [9.17, 15) is 4.79 Å². The third kappa shape index (κ3) is 4.25. The van der Waals surface area contributed by atoms with E-state index in [2.05, 4.69) is 15.6 Å². The van der Waals surface area contributed by atoms with E-state index in [1.165, 1.54) is 18.4 Å². The van der Waals surface area contributed by atoms with Crippen LogP contribution in [-0.2, 0) is 17.7 Å². The monoisotopic (exact) mass is 335 g/mol. The number of nitrogens with one attached hydrogen (secondary N) is 2. The quantitative estimate of drug-likeness (QED) is 0.647. The first-order valence-corrected chi connectivity index (χ1v) is 8.01. The fourth-order valence-electron chi connectivity index (χ4n) is 1.80. The van der Waals surface area contributed by atoms with Crippen molar-refractivity contribution in [1.29, 1.82) is 0 Å². The summed E-state index contributed by atoms with van der Waals surface area (Å²) in [4.78, 5) is 16.9. The van der Waals surface area contributed by atoms with Crippen molar-refractivity contribution >= 4 is 39.6 Å². The maximum absolute atomic E-state index is 11.8. The number of carbonyl (C=O) groups excluding carboxylic acids is 1. The molecule has 0 saturated carbocycles. The van der Waals surface area contributed by atoms with Gasteiger partial charge >= 0.3 is 5.97 Å². The van der Waals surface area contributed by atoms with Crippen molar-refractivity contribution < 1.29 is 9.53 Å². The minimum Gasteiger partial charge on any atom is -0.465 e. The van der Waals surface area contributed by atoms with Gasteiger partial charge in [-0.1, -0.05) is 6.92 Å². The van der Waals surface area contributed by atoms with Crippen LogP contribution >= 0.6 is 23.6 Å². The van der Waals surface area contributed by atoms with Crippen molar-refractivity contribution in [3.8, 4) is 0 Å². The van der Waals surface area contributed by atoms with Crippen LogP contribution in [0.1, 0.15) is 27.7 Å². The Morgan fingerprint density at radius 1 is 1.41 bits per heavy atom. The van der Waals surface area contributed by atoms with Gasteiger partial charge in [-0.3, -0.25) is 4.98 Å². The van der Waals surface area contributed by atoms with Crippen LogP contribution in [0.4, 0.5) is 5.00 Å². The first kappa shape index (κ1) is 16.4. The van der Waals surface area contributed by atoms with Crippen LogP contribution in [0.2, 0.25) is 0 Å². The third-order valence-corrected chi connectivity index (χ3v) is 4.41. The molecule has 0 atom stereocenters. The number of thiophene rings is 1. The number of methoxy groups -OCH3 is 1. The lowest BCUT2D eigenvalue weighted by Gasteiger charge is -2.10. The second kappa shape index (κ2) is 7.86. The summed E-state index contributed by atoms with van der Waals surface area (Å²) in [6, 6.07) is 5.66. The summed E-state index contributed by atoms with van der Waals surface area (Å²) < 4.78 is 4.80.